The standard InChI is InChI=1S/C21H35NO3Si/c1-15(17-10-8-16(13-23)9-11-17)21(5)18(12-22-19(21)24)14-25-26(6,7)20(2,3)4/h8-11,15,18,23H,12-14H2,1-7H3,(H,22,24)/t15-,18-,21-/m1/s1. The Labute approximate surface area is 159 Å². The molecule has 5 heteroatoms. The molecule has 1 aromatic carbocycles. The lowest BCUT2D eigenvalue weighted by molar-refractivity contribution is -0.129. The fraction of sp³-hybridized carbons (Fsp3) is 0.667. The Bertz CT molecular complexity index is 636. The van der Waals surface area contributed by atoms with Crippen LogP contribution in [0.15, 0.2) is 24.3 Å². The molecule has 0 aromatic heterocycles. The van der Waals surface area contributed by atoms with E-state index in [1.54, 1.807) is 0 Å². The summed E-state index contributed by atoms with van der Waals surface area (Å²) in [6, 6.07) is 7.92. The first-order valence-corrected chi connectivity index (χ1v) is 12.5. The zero-order valence-electron chi connectivity index (χ0n) is 17.3. The number of benzene rings is 1. The van der Waals surface area contributed by atoms with Crippen LogP contribution < -0.4 is 5.32 Å². The largest absolute Gasteiger partial charge is 0.416 e. The highest BCUT2D eigenvalue weighted by Gasteiger charge is 2.51. The molecule has 1 aromatic rings. The van der Waals surface area contributed by atoms with Crippen molar-refractivity contribution in [3.05, 3.63) is 35.4 Å². The number of hydrogen-bond donors (Lipinski definition) is 2. The molecule has 2 N–H and O–H groups in total. The fourth-order valence-corrected chi connectivity index (χ4v) is 4.42. The second-order valence-electron chi connectivity index (χ2n) is 9.38. The Balaban J connectivity index is 2.21. The zero-order chi connectivity index (χ0) is 19.8. The highest BCUT2D eigenvalue weighted by atomic mass is 28.4. The van der Waals surface area contributed by atoms with Gasteiger partial charge in [-0.15, -0.1) is 0 Å². The van der Waals surface area contributed by atoms with Gasteiger partial charge < -0.3 is 14.8 Å². The maximum absolute atomic E-state index is 12.8. The molecule has 1 aliphatic heterocycles. The third kappa shape index (κ3) is 3.90. The lowest BCUT2D eigenvalue weighted by Crippen LogP contribution is -2.45. The highest BCUT2D eigenvalue weighted by molar-refractivity contribution is 6.74. The summed E-state index contributed by atoms with van der Waals surface area (Å²) >= 11 is 0. The maximum Gasteiger partial charge on any atom is 0.226 e. The van der Waals surface area contributed by atoms with Crippen molar-refractivity contribution >= 4 is 14.2 Å². The molecule has 0 radical (unpaired) electrons. The van der Waals surface area contributed by atoms with Gasteiger partial charge in [0.15, 0.2) is 8.32 Å². The van der Waals surface area contributed by atoms with Gasteiger partial charge in [0.2, 0.25) is 5.91 Å². The summed E-state index contributed by atoms with van der Waals surface area (Å²) in [4.78, 5) is 12.8. The number of nitrogens with one attached hydrogen (secondary N) is 1. The number of rotatable bonds is 6. The van der Waals surface area contributed by atoms with Crippen molar-refractivity contribution in [1.82, 2.24) is 5.32 Å². The SMILES string of the molecule is C[C@H](c1ccc(CO)cc1)[C@@]1(C)C(=O)NC[C@@H]1CO[Si](C)(C)C(C)(C)C. The molecule has 1 amide bonds. The first kappa shape index (κ1) is 21.1. The van der Waals surface area contributed by atoms with Crippen LogP contribution in [0.3, 0.4) is 0 Å². The smallest absolute Gasteiger partial charge is 0.226 e. The second-order valence-corrected chi connectivity index (χ2v) is 14.2. The van der Waals surface area contributed by atoms with Gasteiger partial charge in [-0.05, 0) is 42.1 Å². The van der Waals surface area contributed by atoms with E-state index in [0.717, 1.165) is 11.1 Å². The zero-order valence-corrected chi connectivity index (χ0v) is 18.3. The van der Waals surface area contributed by atoms with E-state index >= 15 is 0 Å². The van der Waals surface area contributed by atoms with Crippen molar-refractivity contribution in [1.29, 1.82) is 0 Å². The summed E-state index contributed by atoms with van der Waals surface area (Å²) in [5.74, 6) is 0.336. The Morgan fingerprint density at radius 2 is 1.88 bits per heavy atom. The van der Waals surface area contributed by atoms with Crippen molar-refractivity contribution < 1.29 is 14.3 Å². The van der Waals surface area contributed by atoms with Gasteiger partial charge in [0.05, 0.1) is 12.0 Å². The van der Waals surface area contributed by atoms with Crippen LogP contribution in [0.2, 0.25) is 18.1 Å². The number of aliphatic hydroxyl groups excluding tert-OH is 1. The minimum absolute atomic E-state index is 0.0371. The molecule has 146 valence electrons. The molecule has 1 heterocycles. The minimum atomic E-state index is -1.85. The predicted octanol–water partition coefficient (Wildman–Crippen LogP) is 4.06. The van der Waals surface area contributed by atoms with E-state index in [0.29, 0.717) is 13.2 Å². The summed E-state index contributed by atoms with van der Waals surface area (Å²) in [5, 5.41) is 12.5. The normalized spacial score (nSPS) is 25.2. The van der Waals surface area contributed by atoms with E-state index in [1.165, 1.54) is 0 Å². The van der Waals surface area contributed by atoms with Gasteiger partial charge in [-0.3, -0.25) is 4.79 Å². The molecule has 3 atom stereocenters. The van der Waals surface area contributed by atoms with E-state index in [-0.39, 0.29) is 29.4 Å². The van der Waals surface area contributed by atoms with Crippen molar-refractivity contribution in [2.45, 2.75) is 65.3 Å². The molecule has 1 aliphatic rings. The van der Waals surface area contributed by atoms with Gasteiger partial charge >= 0.3 is 0 Å². The van der Waals surface area contributed by atoms with Gasteiger partial charge in [-0.2, -0.15) is 0 Å². The molecule has 2 rings (SSSR count). The van der Waals surface area contributed by atoms with Crippen LogP contribution in [0.1, 0.15) is 51.7 Å². The number of carbonyl (C=O) groups is 1. The molecule has 0 saturated carbocycles. The van der Waals surface area contributed by atoms with Crippen molar-refractivity contribution in [2.24, 2.45) is 11.3 Å². The van der Waals surface area contributed by atoms with E-state index in [4.69, 9.17) is 4.43 Å². The first-order chi connectivity index (χ1) is 11.9. The molecule has 0 spiro atoms. The van der Waals surface area contributed by atoms with E-state index in [2.05, 4.69) is 53.0 Å². The number of aliphatic hydroxyl groups is 1. The Morgan fingerprint density at radius 3 is 2.38 bits per heavy atom. The van der Waals surface area contributed by atoms with Crippen LogP contribution in [-0.2, 0) is 15.8 Å². The average molecular weight is 378 g/mol. The molecule has 4 nitrogen and oxygen atoms in total. The maximum atomic E-state index is 12.8. The minimum Gasteiger partial charge on any atom is -0.416 e. The van der Waals surface area contributed by atoms with E-state index in [9.17, 15) is 9.90 Å². The summed E-state index contributed by atoms with van der Waals surface area (Å²) in [6.45, 7) is 16.7. The topological polar surface area (TPSA) is 58.6 Å². The molecule has 0 aliphatic carbocycles. The molecule has 0 unspecified atom stereocenters. The monoisotopic (exact) mass is 377 g/mol. The summed E-state index contributed by atoms with van der Waals surface area (Å²) in [5.41, 5.74) is 1.52. The first-order valence-electron chi connectivity index (χ1n) is 9.55. The van der Waals surface area contributed by atoms with Crippen molar-refractivity contribution in [3.8, 4) is 0 Å². The van der Waals surface area contributed by atoms with Crippen LogP contribution in [0.4, 0.5) is 0 Å². The van der Waals surface area contributed by atoms with Crippen LogP contribution in [0, 0.1) is 11.3 Å². The lowest BCUT2D eigenvalue weighted by Gasteiger charge is -2.40. The predicted molar refractivity (Wildman–Crippen MR) is 109 cm³/mol. The molecular weight excluding hydrogens is 342 g/mol. The third-order valence-corrected chi connectivity index (χ3v) is 11.4. The summed E-state index contributed by atoms with van der Waals surface area (Å²) in [6.07, 6.45) is 0. The van der Waals surface area contributed by atoms with Gasteiger partial charge in [0, 0.05) is 19.1 Å². The molecule has 1 saturated heterocycles. The van der Waals surface area contributed by atoms with Gasteiger partial charge in [-0.25, -0.2) is 0 Å². The van der Waals surface area contributed by atoms with Crippen LogP contribution in [0.5, 0.6) is 0 Å². The Hall–Kier alpha value is -1.17. The molecule has 1 fully saturated rings. The van der Waals surface area contributed by atoms with Crippen LogP contribution >= 0.6 is 0 Å². The highest BCUT2D eigenvalue weighted by Crippen LogP contribution is 2.46. The van der Waals surface area contributed by atoms with E-state index in [1.807, 2.05) is 24.3 Å². The Kier molecular flexibility index (Phi) is 6.05. The summed E-state index contributed by atoms with van der Waals surface area (Å²) in [7, 11) is -1.85. The van der Waals surface area contributed by atoms with Gasteiger partial charge in [-0.1, -0.05) is 52.0 Å². The summed E-state index contributed by atoms with van der Waals surface area (Å²) < 4.78 is 6.46. The number of carbonyl (C=O) groups excluding carboxylic acids is 1. The molecule has 0 bridgehead atoms. The van der Waals surface area contributed by atoms with Gasteiger partial charge in [0.1, 0.15) is 0 Å². The fourth-order valence-electron chi connectivity index (χ4n) is 3.37. The van der Waals surface area contributed by atoms with Crippen molar-refractivity contribution in [3.63, 3.8) is 0 Å². The number of amides is 1. The van der Waals surface area contributed by atoms with Crippen molar-refractivity contribution in [2.75, 3.05) is 13.2 Å². The average Bonchev–Trinajstić information content (AvgIpc) is 2.87. The Morgan fingerprint density at radius 1 is 1.31 bits per heavy atom. The lowest BCUT2D eigenvalue weighted by atomic mass is 9.68. The second kappa shape index (κ2) is 7.45. The molecular formula is C21H35NO3Si. The van der Waals surface area contributed by atoms with Gasteiger partial charge in [0.25, 0.3) is 0 Å². The third-order valence-electron chi connectivity index (χ3n) is 6.86. The van der Waals surface area contributed by atoms with Crippen LogP contribution in [-0.4, -0.2) is 32.5 Å². The number of hydrogen-bond acceptors (Lipinski definition) is 3. The molecule has 26 heavy (non-hydrogen) atoms. The van der Waals surface area contributed by atoms with Crippen LogP contribution in [0.25, 0.3) is 0 Å². The quantitative estimate of drug-likeness (QED) is 0.735. The van der Waals surface area contributed by atoms with E-state index < -0.39 is 13.7 Å².